The minimum Gasteiger partial charge on any atom is -0.465 e. The number of methoxy groups -OCH3 is 1. The van der Waals surface area contributed by atoms with Gasteiger partial charge in [-0.25, -0.2) is 4.79 Å². The van der Waals surface area contributed by atoms with Gasteiger partial charge in [0.2, 0.25) is 0 Å². The molecule has 2 aromatic carbocycles. The Morgan fingerprint density at radius 1 is 1.21 bits per heavy atom. The number of allylic oxidation sites excluding steroid dienone is 2. The van der Waals surface area contributed by atoms with Gasteiger partial charge >= 0.3 is 5.97 Å². The molecular weight excluding hydrogens is 366 g/mol. The third-order valence-corrected chi connectivity index (χ3v) is 5.56. The summed E-state index contributed by atoms with van der Waals surface area (Å²) in [6, 6.07) is 14.5. The average Bonchev–Trinajstić information content (AvgIpc) is 3.10. The zero-order valence-electron chi connectivity index (χ0n) is 13.3. The van der Waals surface area contributed by atoms with Gasteiger partial charge in [0.1, 0.15) is 0 Å². The molecule has 0 bridgehead atoms. The molecule has 0 fully saturated rings. The van der Waals surface area contributed by atoms with Crippen molar-refractivity contribution in [3.8, 4) is 0 Å². The fourth-order valence-electron chi connectivity index (χ4n) is 3.90. The lowest BCUT2D eigenvalue weighted by Crippen LogP contribution is -2.30. The number of hydrogen-bond acceptors (Lipinski definition) is 3. The second-order valence-corrected chi connectivity index (χ2v) is 7.20. The van der Waals surface area contributed by atoms with Crippen molar-refractivity contribution in [3.05, 3.63) is 75.8 Å². The van der Waals surface area contributed by atoms with E-state index in [4.69, 9.17) is 4.74 Å². The summed E-state index contributed by atoms with van der Waals surface area (Å²) in [5.41, 5.74) is 3.94. The first-order chi connectivity index (χ1) is 11.7. The summed E-state index contributed by atoms with van der Waals surface area (Å²) in [6.07, 6.45) is 5.57. The van der Waals surface area contributed by atoms with Crippen LogP contribution in [0.25, 0.3) is 0 Å². The highest BCUT2D eigenvalue weighted by molar-refractivity contribution is 9.10. The molecule has 1 aliphatic heterocycles. The largest absolute Gasteiger partial charge is 0.465 e. The van der Waals surface area contributed by atoms with Crippen molar-refractivity contribution in [2.75, 3.05) is 12.4 Å². The minimum atomic E-state index is -0.297. The molecule has 122 valence electrons. The number of esters is 1. The van der Waals surface area contributed by atoms with Crippen molar-refractivity contribution in [1.82, 2.24) is 0 Å². The SMILES string of the molecule is COC(=O)c1cccc2c1N[C@H](c1ccc(Br)cc1)[C@H]1CC=C[C@@H]21. The van der Waals surface area contributed by atoms with Crippen LogP contribution in [0.15, 0.2) is 59.1 Å². The molecule has 4 rings (SSSR count). The fraction of sp³-hybridized carbons (Fsp3) is 0.250. The lowest BCUT2D eigenvalue weighted by atomic mass is 9.76. The number of ether oxygens (including phenoxy) is 1. The molecule has 2 aliphatic rings. The molecule has 1 aliphatic carbocycles. The Balaban J connectivity index is 1.82. The van der Waals surface area contributed by atoms with E-state index in [9.17, 15) is 4.79 Å². The van der Waals surface area contributed by atoms with Crippen LogP contribution >= 0.6 is 15.9 Å². The monoisotopic (exact) mass is 383 g/mol. The number of carbonyl (C=O) groups is 1. The van der Waals surface area contributed by atoms with Crippen LogP contribution in [0.2, 0.25) is 0 Å². The first-order valence-corrected chi connectivity index (χ1v) is 8.88. The Labute approximate surface area is 149 Å². The van der Waals surface area contributed by atoms with Crippen LogP contribution in [0, 0.1) is 5.92 Å². The first kappa shape index (κ1) is 15.5. The maximum atomic E-state index is 12.2. The molecule has 2 aromatic rings. The van der Waals surface area contributed by atoms with E-state index < -0.39 is 0 Å². The number of hydrogen-bond donors (Lipinski definition) is 1. The van der Waals surface area contributed by atoms with Crippen LogP contribution in [-0.2, 0) is 4.74 Å². The molecule has 1 N–H and O–H groups in total. The topological polar surface area (TPSA) is 38.3 Å². The number of nitrogens with one attached hydrogen (secondary N) is 1. The molecule has 0 saturated heterocycles. The standard InChI is InChI=1S/C20H18BrNO2/c1-24-20(23)17-7-3-6-16-14-4-2-5-15(14)18(22-19(16)17)12-8-10-13(21)11-9-12/h2-4,6-11,14-15,18,22H,5H2,1H3/t14-,15+,18-/m1/s1. The number of anilines is 1. The predicted octanol–water partition coefficient (Wildman–Crippen LogP) is 5.06. The maximum Gasteiger partial charge on any atom is 0.339 e. The normalized spacial score (nSPS) is 24.0. The van der Waals surface area contributed by atoms with E-state index in [-0.39, 0.29) is 12.0 Å². The van der Waals surface area contributed by atoms with Crippen LogP contribution in [-0.4, -0.2) is 13.1 Å². The maximum absolute atomic E-state index is 12.2. The van der Waals surface area contributed by atoms with Gasteiger partial charge in [-0.3, -0.25) is 0 Å². The van der Waals surface area contributed by atoms with Gasteiger partial charge in [-0.2, -0.15) is 0 Å². The molecule has 0 spiro atoms. The van der Waals surface area contributed by atoms with Gasteiger partial charge in [-0.05, 0) is 41.7 Å². The second-order valence-electron chi connectivity index (χ2n) is 6.29. The molecule has 3 atom stereocenters. The van der Waals surface area contributed by atoms with E-state index in [0.29, 0.717) is 17.4 Å². The lowest BCUT2D eigenvalue weighted by molar-refractivity contribution is 0.0601. The number of para-hydroxylation sites is 1. The smallest absolute Gasteiger partial charge is 0.339 e. The predicted molar refractivity (Wildman–Crippen MR) is 98.3 cm³/mol. The van der Waals surface area contributed by atoms with Crippen molar-refractivity contribution >= 4 is 27.6 Å². The highest BCUT2D eigenvalue weighted by atomic mass is 79.9. The molecule has 0 aromatic heterocycles. The number of rotatable bonds is 2. The Hall–Kier alpha value is -2.07. The Morgan fingerprint density at radius 2 is 2.00 bits per heavy atom. The van der Waals surface area contributed by atoms with Crippen molar-refractivity contribution in [2.24, 2.45) is 5.92 Å². The Bertz CT molecular complexity index is 813. The van der Waals surface area contributed by atoms with Crippen LogP contribution in [0.5, 0.6) is 0 Å². The quantitative estimate of drug-likeness (QED) is 0.581. The number of carbonyl (C=O) groups excluding carboxylic acids is 1. The highest BCUT2D eigenvalue weighted by Gasteiger charge is 2.39. The van der Waals surface area contributed by atoms with E-state index >= 15 is 0 Å². The van der Waals surface area contributed by atoms with E-state index in [2.05, 4.69) is 63.7 Å². The molecular formula is C20H18BrNO2. The summed E-state index contributed by atoms with van der Waals surface area (Å²) in [7, 11) is 1.43. The second kappa shape index (κ2) is 6.10. The van der Waals surface area contributed by atoms with Gasteiger partial charge in [0.15, 0.2) is 0 Å². The third kappa shape index (κ3) is 2.46. The summed E-state index contributed by atoms with van der Waals surface area (Å²) < 4.78 is 6.04. The van der Waals surface area contributed by atoms with Gasteiger partial charge in [-0.15, -0.1) is 0 Å². The minimum absolute atomic E-state index is 0.177. The Morgan fingerprint density at radius 3 is 2.75 bits per heavy atom. The zero-order valence-corrected chi connectivity index (χ0v) is 14.9. The number of halogens is 1. The van der Waals surface area contributed by atoms with Gasteiger partial charge < -0.3 is 10.1 Å². The average molecular weight is 384 g/mol. The van der Waals surface area contributed by atoms with E-state index in [0.717, 1.165) is 16.6 Å². The summed E-state index contributed by atoms with van der Waals surface area (Å²) in [5, 5.41) is 3.63. The van der Waals surface area contributed by atoms with Crippen molar-refractivity contribution in [3.63, 3.8) is 0 Å². The van der Waals surface area contributed by atoms with E-state index in [1.165, 1.54) is 18.2 Å². The van der Waals surface area contributed by atoms with E-state index in [1.807, 2.05) is 12.1 Å². The lowest BCUT2D eigenvalue weighted by Gasteiger charge is -2.38. The molecule has 24 heavy (non-hydrogen) atoms. The molecule has 0 saturated carbocycles. The van der Waals surface area contributed by atoms with Crippen LogP contribution in [0.3, 0.4) is 0 Å². The fourth-order valence-corrected chi connectivity index (χ4v) is 4.17. The molecule has 4 heteroatoms. The van der Waals surface area contributed by atoms with Crippen LogP contribution in [0.1, 0.15) is 39.9 Å². The molecule has 0 amide bonds. The van der Waals surface area contributed by atoms with Gasteiger partial charge in [-0.1, -0.05) is 52.3 Å². The molecule has 0 unspecified atom stereocenters. The summed E-state index contributed by atoms with van der Waals surface area (Å²) >= 11 is 3.50. The number of fused-ring (bicyclic) bond motifs is 3. The highest BCUT2D eigenvalue weighted by Crippen LogP contribution is 2.50. The zero-order chi connectivity index (χ0) is 16.7. The van der Waals surface area contributed by atoms with Crippen LogP contribution in [0.4, 0.5) is 5.69 Å². The first-order valence-electron chi connectivity index (χ1n) is 8.09. The summed E-state index contributed by atoms with van der Waals surface area (Å²) in [5.74, 6) is 0.500. The third-order valence-electron chi connectivity index (χ3n) is 5.03. The van der Waals surface area contributed by atoms with Gasteiger partial charge in [0, 0.05) is 10.4 Å². The summed E-state index contributed by atoms with van der Waals surface area (Å²) in [6.45, 7) is 0. The summed E-state index contributed by atoms with van der Waals surface area (Å²) in [4.78, 5) is 12.2. The van der Waals surface area contributed by atoms with Crippen molar-refractivity contribution in [1.29, 1.82) is 0 Å². The van der Waals surface area contributed by atoms with Gasteiger partial charge in [0.05, 0.1) is 24.4 Å². The van der Waals surface area contributed by atoms with E-state index in [1.54, 1.807) is 0 Å². The number of benzene rings is 2. The van der Waals surface area contributed by atoms with Crippen molar-refractivity contribution < 1.29 is 9.53 Å². The Kier molecular flexibility index (Phi) is 3.93. The molecule has 3 nitrogen and oxygen atoms in total. The molecule has 1 heterocycles. The van der Waals surface area contributed by atoms with Crippen LogP contribution < -0.4 is 5.32 Å². The van der Waals surface area contributed by atoms with Crippen molar-refractivity contribution in [2.45, 2.75) is 18.4 Å². The van der Waals surface area contributed by atoms with Gasteiger partial charge in [0.25, 0.3) is 0 Å². The molecule has 0 radical (unpaired) electrons.